The molecule has 0 radical (unpaired) electrons. The number of methoxy groups -OCH3 is 1. The first-order valence-electron chi connectivity index (χ1n) is 11.0. The molecule has 4 aromatic rings. The molecule has 196 valence electrons. The van der Waals surface area contributed by atoms with Gasteiger partial charge in [0.2, 0.25) is 0 Å². The topological polar surface area (TPSA) is 88.9 Å². The van der Waals surface area contributed by atoms with E-state index in [9.17, 15) is 22.0 Å². The molecule has 0 saturated carbocycles. The van der Waals surface area contributed by atoms with Gasteiger partial charge in [0.1, 0.15) is 16.1 Å². The zero-order valence-corrected chi connectivity index (χ0v) is 20.7. The van der Waals surface area contributed by atoms with E-state index in [1.807, 2.05) is 0 Å². The van der Waals surface area contributed by atoms with Gasteiger partial charge in [-0.3, -0.25) is 15.0 Å². The number of ether oxygens (including phenoxy) is 1. The van der Waals surface area contributed by atoms with E-state index in [1.165, 1.54) is 50.1 Å². The minimum atomic E-state index is -4.33. The lowest BCUT2D eigenvalue weighted by Crippen LogP contribution is -2.11. The number of halogens is 5. The Morgan fingerprint density at radius 3 is 2.45 bits per heavy atom. The van der Waals surface area contributed by atoms with E-state index in [-0.39, 0.29) is 16.0 Å². The van der Waals surface area contributed by atoms with Crippen LogP contribution in [0.4, 0.5) is 27.8 Å². The van der Waals surface area contributed by atoms with Gasteiger partial charge < -0.3 is 9.72 Å². The number of nitrogens with one attached hydrogen (secondary N) is 1. The number of aliphatic imine (C=N–C) groups is 1. The second-order valence-corrected chi connectivity index (χ2v) is 8.48. The molecule has 38 heavy (non-hydrogen) atoms. The van der Waals surface area contributed by atoms with Gasteiger partial charge in [-0.25, -0.2) is 18.8 Å². The van der Waals surface area contributed by atoms with Crippen LogP contribution in [0, 0.1) is 11.6 Å². The lowest BCUT2D eigenvalue weighted by atomic mass is 10.0. The number of aryl methyl sites for hydroxylation is 1. The van der Waals surface area contributed by atoms with Crippen LogP contribution in [-0.2, 0) is 6.42 Å². The summed E-state index contributed by atoms with van der Waals surface area (Å²) in [5, 5.41) is 0. The lowest BCUT2D eigenvalue weighted by molar-refractivity contribution is -0.127. The molecule has 4 heterocycles. The summed E-state index contributed by atoms with van der Waals surface area (Å²) in [4.78, 5) is 23.5. The molecule has 4 aromatic heterocycles. The van der Waals surface area contributed by atoms with Crippen molar-refractivity contribution in [3.05, 3.63) is 76.2 Å². The van der Waals surface area contributed by atoms with Crippen molar-refractivity contribution in [2.45, 2.75) is 25.9 Å². The Morgan fingerprint density at radius 1 is 1.03 bits per heavy atom. The van der Waals surface area contributed by atoms with E-state index in [0.29, 0.717) is 39.5 Å². The quantitative estimate of drug-likeness (QED) is 0.156. The molecule has 0 aliphatic heterocycles. The van der Waals surface area contributed by atoms with Gasteiger partial charge in [0.05, 0.1) is 37.3 Å². The minimum absolute atomic E-state index is 0.0306. The number of aromatic amines is 1. The van der Waals surface area contributed by atoms with Crippen molar-refractivity contribution in [3.8, 4) is 28.3 Å². The van der Waals surface area contributed by atoms with Crippen molar-refractivity contribution in [2.75, 3.05) is 7.11 Å². The van der Waals surface area contributed by atoms with E-state index < -0.39 is 24.7 Å². The van der Waals surface area contributed by atoms with Gasteiger partial charge in [-0.2, -0.15) is 13.2 Å². The fraction of sp³-hybridized carbons (Fsp3) is 0.200. The van der Waals surface area contributed by atoms with Crippen LogP contribution in [0.1, 0.15) is 28.9 Å². The van der Waals surface area contributed by atoms with E-state index in [1.54, 1.807) is 13.0 Å². The van der Waals surface area contributed by atoms with Gasteiger partial charge >= 0.3 is 6.18 Å². The molecule has 0 aliphatic rings. The molecule has 0 spiro atoms. The highest BCUT2D eigenvalue weighted by Crippen LogP contribution is 2.34. The smallest absolute Gasteiger partial charge is 0.393 e. The van der Waals surface area contributed by atoms with Gasteiger partial charge in [0.15, 0.2) is 5.82 Å². The van der Waals surface area contributed by atoms with Crippen molar-refractivity contribution in [1.29, 1.82) is 0 Å². The molecular formula is C25H19F5N6OS. The number of rotatable bonds is 7. The monoisotopic (exact) mass is 546 g/mol. The number of nitrogens with zero attached hydrogens (tertiary/aromatic N) is 5. The third-order valence-electron chi connectivity index (χ3n) is 5.29. The maximum Gasteiger partial charge on any atom is 0.393 e. The predicted molar refractivity (Wildman–Crippen MR) is 133 cm³/mol. The first-order chi connectivity index (χ1) is 18.0. The highest BCUT2D eigenvalue weighted by Gasteiger charge is 2.27. The Morgan fingerprint density at radius 2 is 1.82 bits per heavy atom. The van der Waals surface area contributed by atoms with Crippen molar-refractivity contribution in [2.24, 2.45) is 4.99 Å². The summed E-state index contributed by atoms with van der Waals surface area (Å²) in [5.74, 6) is 0.446. The average Bonchev–Trinajstić information content (AvgIpc) is 2.87. The third kappa shape index (κ3) is 6.40. The fourth-order valence-corrected chi connectivity index (χ4v) is 3.74. The summed E-state index contributed by atoms with van der Waals surface area (Å²) >= 11 is 5.35. The number of pyridine rings is 3. The Balaban J connectivity index is 1.65. The van der Waals surface area contributed by atoms with E-state index in [0.717, 1.165) is 6.20 Å². The molecule has 0 bridgehead atoms. The minimum Gasteiger partial charge on any atom is -0.494 e. The molecule has 0 aliphatic carbocycles. The Bertz CT molecular complexity index is 1540. The first-order valence-corrected chi connectivity index (χ1v) is 11.4. The molecule has 0 atom stereocenters. The van der Waals surface area contributed by atoms with Crippen molar-refractivity contribution < 1.29 is 26.7 Å². The third-order valence-corrected chi connectivity index (χ3v) is 5.58. The van der Waals surface area contributed by atoms with Crippen molar-refractivity contribution in [1.82, 2.24) is 24.9 Å². The Kier molecular flexibility index (Phi) is 7.86. The number of H-pyrrole nitrogens is 1. The van der Waals surface area contributed by atoms with Gasteiger partial charge in [-0.15, -0.1) is 0 Å². The van der Waals surface area contributed by atoms with Crippen molar-refractivity contribution >= 4 is 24.3 Å². The van der Waals surface area contributed by atoms with Gasteiger partial charge in [0, 0.05) is 35.4 Å². The van der Waals surface area contributed by atoms with Crippen LogP contribution in [0.5, 0.6) is 5.75 Å². The highest BCUT2D eigenvalue weighted by atomic mass is 32.1. The highest BCUT2D eigenvalue weighted by molar-refractivity contribution is 7.71. The zero-order valence-electron chi connectivity index (χ0n) is 19.9. The summed E-state index contributed by atoms with van der Waals surface area (Å²) in [6.07, 6.45) is -1.42. The van der Waals surface area contributed by atoms with Crippen LogP contribution in [-0.4, -0.2) is 44.4 Å². The van der Waals surface area contributed by atoms with E-state index >= 15 is 0 Å². The first kappa shape index (κ1) is 26.9. The fourth-order valence-electron chi connectivity index (χ4n) is 3.53. The molecular weight excluding hydrogens is 527 g/mol. The second-order valence-electron chi connectivity index (χ2n) is 8.07. The number of hydrogen-bond acceptors (Lipinski definition) is 7. The van der Waals surface area contributed by atoms with Crippen LogP contribution in [0.15, 0.2) is 54.0 Å². The van der Waals surface area contributed by atoms with Gasteiger partial charge in [-0.1, -0.05) is 18.3 Å². The van der Waals surface area contributed by atoms with Crippen LogP contribution in [0.3, 0.4) is 0 Å². The SMILES string of the molecule is COc1cnc(C(F)F)cc1-c1cc(C)ncc1C=Nc1ncc(-c2ccc(CC(F)(F)F)cn2)[nH]c1=S. The molecule has 7 nitrogen and oxygen atoms in total. The molecule has 1 N–H and O–H groups in total. The molecule has 4 rings (SSSR count). The van der Waals surface area contributed by atoms with E-state index in [2.05, 4.69) is 29.9 Å². The lowest BCUT2D eigenvalue weighted by Gasteiger charge is -2.13. The van der Waals surface area contributed by atoms with E-state index in [4.69, 9.17) is 17.0 Å². The summed E-state index contributed by atoms with van der Waals surface area (Å²) in [6.45, 7) is 1.76. The standard InChI is InChI=1S/C25H19F5N6OS/c1-13-5-16(17-6-19(22(26)27)33-12-21(17)37-2)15(9-31-13)10-34-23-24(38)36-20(11-35-23)18-4-3-14(8-32-18)7-25(28,29)30/h3-6,8-12,22H,7H2,1-2H3,(H,36,38). The molecule has 0 amide bonds. The molecule has 0 unspecified atom stereocenters. The zero-order chi connectivity index (χ0) is 27.4. The number of hydrogen-bond donors (Lipinski definition) is 1. The summed E-state index contributed by atoms with van der Waals surface area (Å²) in [7, 11) is 1.41. The summed E-state index contributed by atoms with van der Waals surface area (Å²) in [6, 6.07) is 5.73. The van der Waals surface area contributed by atoms with Gasteiger partial charge in [-0.05, 0) is 36.2 Å². The van der Waals surface area contributed by atoms with Crippen molar-refractivity contribution in [3.63, 3.8) is 0 Å². The normalized spacial score (nSPS) is 11.9. The van der Waals surface area contributed by atoms with Crippen LogP contribution < -0.4 is 4.74 Å². The van der Waals surface area contributed by atoms with Crippen LogP contribution in [0.2, 0.25) is 0 Å². The molecule has 0 fully saturated rings. The van der Waals surface area contributed by atoms with Crippen LogP contribution in [0.25, 0.3) is 22.5 Å². The summed E-state index contributed by atoms with van der Waals surface area (Å²) < 4.78 is 69.8. The maximum atomic E-state index is 13.3. The molecule has 0 saturated heterocycles. The van der Waals surface area contributed by atoms with Crippen LogP contribution >= 0.6 is 12.2 Å². The number of aromatic nitrogens is 5. The predicted octanol–water partition coefficient (Wildman–Crippen LogP) is 6.77. The van der Waals surface area contributed by atoms with Gasteiger partial charge in [0.25, 0.3) is 6.43 Å². The molecule has 0 aromatic carbocycles. The summed E-state index contributed by atoms with van der Waals surface area (Å²) in [5.41, 5.74) is 2.43. The Labute approximate surface area is 218 Å². The second kappa shape index (κ2) is 11.1. The molecule has 13 heteroatoms. The average molecular weight is 547 g/mol. The maximum absolute atomic E-state index is 13.3. The number of alkyl halides is 5. The largest absolute Gasteiger partial charge is 0.494 e. The Hall–Kier alpha value is -4.13.